The summed E-state index contributed by atoms with van der Waals surface area (Å²) in [6.45, 7) is 4.35. The zero-order valence-corrected chi connectivity index (χ0v) is 12.3. The number of carboxylic acids is 1. The molecule has 0 bridgehead atoms. The summed E-state index contributed by atoms with van der Waals surface area (Å²) < 4.78 is 1.99. The maximum atomic E-state index is 11.4. The van der Waals surface area contributed by atoms with Gasteiger partial charge in [0.05, 0.1) is 11.2 Å². The molecular weight excluding hydrogens is 266 g/mol. The first-order valence-corrected chi connectivity index (χ1v) is 7.62. The molecule has 2 heterocycles. The minimum absolute atomic E-state index is 0.371. The fourth-order valence-corrected chi connectivity index (χ4v) is 3.21. The number of likely N-dealkylation sites (tertiary alicyclic amines) is 1. The number of piperidine rings is 1. The Kier molecular flexibility index (Phi) is 3.92. The Balaban J connectivity index is 1.92. The number of hydrogen-bond acceptors (Lipinski definition) is 3. The molecule has 0 amide bonds. The lowest BCUT2D eigenvalue weighted by Gasteiger charge is -2.32. The van der Waals surface area contributed by atoms with E-state index in [9.17, 15) is 9.90 Å². The molecule has 1 unspecified atom stereocenters. The van der Waals surface area contributed by atoms with E-state index in [1.165, 1.54) is 0 Å². The SMILES string of the molecule is CCn1nc(CN2CCCCC2C(=O)O)c2ccccc21. The molecule has 2 aromatic rings. The smallest absolute Gasteiger partial charge is 0.320 e. The monoisotopic (exact) mass is 287 g/mol. The number of fused-ring (bicyclic) bond motifs is 1. The van der Waals surface area contributed by atoms with Crippen molar-refractivity contribution in [2.75, 3.05) is 6.54 Å². The summed E-state index contributed by atoms with van der Waals surface area (Å²) in [6, 6.07) is 7.80. The van der Waals surface area contributed by atoms with Crippen LogP contribution < -0.4 is 0 Å². The van der Waals surface area contributed by atoms with Crippen LogP contribution >= 0.6 is 0 Å². The third-order valence-electron chi connectivity index (χ3n) is 4.29. The second-order valence-electron chi connectivity index (χ2n) is 5.60. The molecule has 1 atom stereocenters. The lowest BCUT2D eigenvalue weighted by atomic mass is 10.0. The van der Waals surface area contributed by atoms with Crippen LogP contribution in [0.4, 0.5) is 0 Å². The van der Waals surface area contributed by atoms with E-state index in [-0.39, 0.29) is 6.04 Å². The molecule has 5 nitrogen and oxygen atoms in total. The highest BCUT2D eigenvalue weighted by Gasteiger charge is 2.29. The Labute approximate surface area is 124 Å². The molecule has 1 aliphatic rings. The van der Waals surface area contributed by atoms with Gasteiger partial charge in [0.15, 0.2) is 0 Å². The Bertz CT molecular complexity index is 650. The largest absolute Gasteiger partial charge is 0.480 e. The Morgan fingerprint density at radius 2 is 2.19 bits per heavy atom. The van der Waals surface area contributed by atoms with E-state index in [1.54, 1.807) is 0 Å². The van der Waals surface area contributed by atoms with E-state index in [0.717, 1.165) is 48.9 Å². The van der Waals surface area contributed by atoms with Crippen molar-refractivity contribution in [3.8, 4) is 0 Å². The molecule has 0 saturated carbocycles. The van der Waals surface area contributed by atoms with Crippen LogP contribution in [-0.2, 0) is 17.9 Å². The number of rotatable bonds is 4. The standard InChI is InChI=1S/C16H21N3O2/c1-2-19-14-8-4-3-7-12(14)13(17-19)11-18-10-6-5-9-15(18)16(20)21/h3-4,7-8,15H,2,5-6,9-11H2,1H3,(H,20,21). The van der Waals surface area contributed by atoms with Crippen molar-refractivity contribution in [3.63, 3.8) is 0 Å². The summed E-state index contributed by atoms with van der Waals surface area (Å²) in [5.41, 5.74) is 2.11. The summed E-state index contributed by atoms with van der Waals surface area (Å²) in [6.07, 6.45) is 2.80. The molecule has 3 rings (SSSR count). The molecule has 0 radical (unpaired) electrons. The topological polar surface area (TPSA) is 58.4 Å². The van der Waals surface area contributed by atoms with Gasteiger partial charge in [-0.2, -0.15) is 5.10 Å². The van der Waals surface area contributed by atoms with Gasteiger partial charge in [-0.1, -0.05) is 24.6 Å². The molecule has 21 heavy (non-hydrogen) atoms. The third-order valence-corrected chi connectivity index (χ3v) is 4.29. The van der Waals surface area contributed by atoms with Gasteiger partial charge in [-0.25, -0.2) is 0 Å². The van der Waals surface area contributed by atoms with Crippen LogP contribution in [0.3, 0.4) is 0 Å². The molecule has 1 fully saturated rings. The first kappa shape index (κ1) is 14.1. The van der Waals surface area contributed by atoms with E-state index in [4.69, 9.17) is 0 Å². The summed E-state index contributed by atoms with van der Waals surface area (Å²) in [7, 11) is 0. The Morgan fingerprint density at radius 3 is 2.95 bits per heavy atom. The minimum atomic E-state index is -0.714. The molecule has 1 N–H and O–H groups in total. The zero-order chi connectivity index (χ0) is 14.8. The predicted octanol–water partition coefficient (Wildman–Crippen LogP) is 2.50. The molecule has 1 aliphatic heterocycles. The molecule has 0 aliphatic carbocycles. The van der Waals surface area contributed by atoms with Gasteiger partial charge in [0.25, 0.3) is 0 Å². The maximum absolute atomic E-state index is 11.4. The van der Waals surface area contributed by atoms with E-state index in [2.05, 4.69) is 29.1 Å². The van der Waals surface area contributed by atoms with Crippen molar-refractivity contribution >= 4 is 16.9 Å². The fourth-order valence-electron chi connectivity index (χ4n) is 3.21. The van der Waals surface area contributed by atoms with Crippen LogP contribution in [0, 0.1) is 0 Å². The zero-order valence-electron chi connectivity index (χ0n) is 12.3. The highest BCUT2D eigenvalue weighted by atomic mass is 16.4. The van der Waals surface area contributed by atoms with Crippen molar-refractivity contribution in [1.82, 2.24) is 14.7 Å². The van der Waals surface area contributed by atoms with Crippen molar-refractivity contribution in [3.05, 3.63) is 30.0 Å². The van der Waals surface area contributed by atoms with Crippen molar-refractivity contribution < 1.29 is 9.90 Å². The van der Waals surface area contributed by atoms with Gasteiger partial charge in [-0.15, -0.1) is 0 Å². The number of aromatic nitrogens is 2. The lowest BCUT2D eigenvalue weighted by molar-refractivity contribution is -0.144. The van der Waals surface area contributed by atoms with E-state index in [1.807, 2.05) is 16.8 Å². The fraction of sp³-hybridized carbons (Fsp3) is 0.500. The van der Waals surface area contributed by atoms with Crippen LogP contribution in [-0.4, -0.2) is 38.3 Å². The molecule has 112 valence electrons. The molecular formula is C16H21N3O2. The van der Waals surface area contributed by atoms with Gasteiger partial charge < -0.3 is 5.11 Å². The number of aryl methyl sites for hydroxylation is 1. The maximum Gasteiger partial charge on any atom is 0.320 e. The highest BCUT2D eigenvalue weighted by molar-refractivity contribution is 5.82. The second kappa shape index (κ2) is 5.85. The summed E-state index contributed by atoms with van der Waals surface area (Å²) in [5, 5.41) is 15.2. The number of nitrogens with zero attached hydrogens (tertiary/aromatic N) is 3. The molecule has 1 saturated heterocycles. The van der Waals surface area contributed by atoms with Gasteiger partial charge in [-0.3, -0.25) is 14.4 Å². The highest BCUT2D eigenvalue weighted by Crippen LogP contribution is 2.24. The van der Waals surface area contributed by atoms with Gasteiger partial charge in [0, 0.05) is 18.5 Å². The van der Waals surface area contributed by atoms with Gasteiger partial charge >= 0.3 is 5.97 Å². The van der Waals surface area contributed by atoms with Gasteiger partial charge in [0.1, 0.15) is 6.04 Å². The van der Waals surface area contributed by atoms with E-state index >= 15 is 0 Å². The third kappa shape index (κ3) is 2.65. The van der Waals surface area contributed by atoms with Crippen LogP contribution in [0.5, 0.6) is 0 Å². The van der Waals surface area contributed by atoms with Crippen LogP contribution in [0.2, 0.25) is 0 Å². The quantitative estimate of drug-likeness (QED) is 0.938. The van der Waals surface area contributed by atoms with Crippen molar-refractivity contribution in [2.45, 2.75) is 45.3 Å². The van der Waals surface area contributed by atoms with E-state index < -0.39 is 5.97 Å². The molecule has 5 heteroatoms. The Morgan fingerprint density at radius 1 is 1.38 bits per heavy atom. The van der Waals surface area contributed by atoms with Crippen LogP contribution in [0.1, 0.15) is 31.9 Å². The van der Waals surface area contributed by atoms with Crippen molar-refractivity contribution in [2.24, 2.45) is 0 Å². The minimum Gasteiger partial charge on any atom is -0.480 e. The average molecular weight is 287 g/mol. The molecule has 0 spiro atoms. The number of carbonyl (C=O) groups is 1. The molecule has 1 aromatic carbocycles. The average Bonchev–Trinajstić information content (AvgIpc) is 2.86. The number of aliphatic carboxylic acids is 1. The summed E-state index contributed by atoms with van der Waals surface area (Å²) in [5.74, 6) is -0.714. The summed E-state index contributed by atoms with van der Waals surface area (Å²) in [4.78, 5) is 13.5. The number of benzene rings is 1. The summed E-state index contributed by atoms with van der Waals surface area (Å²) >= 11 is 0. The number of carboxylic acid groups (broad SMARTS) is 1. The normalized spacial score (nSPS) is 20.0. The number of hydrogen-bond donors (Lipinski definition) is 1. The second-order valence-corrected chi connectivity index (χ2v) is 5.60. The van der Waals surface area contributed by atoms with Crippen LogP contribution in [0.25, 0.3) is 10.9 Å². The molecule has 1 aromatic heterocycles. The number of para-hydroxylation sites is 1. The van der Waals surface area contributed by atoms with Crippen LogP contribution in [0.15, 0.2) is 24.3 Å². The van der Waals surface area contributed by atoms with E-state index in [0.29, 0.717) is 6.54 Å². The van der Waals surface area contributed by atoms with Crippen molar-refractivity contribution in [1.29, 1.82) is 0 Å². The Hall–Kier alpha value is -1.88. The first-order chi connectivity index (χ1) is 10.2. The van der Waals surface area contributed by atoms with Gasteiger partial charge in [0.2, 0.25) is 0 Å². The predicted molar refractivity (Wildman–Crippen MR) is 81.1 cm³/mol. The first-order valence-electron chi connectivity index (χ1n) is 7.62. The lowest BCUT2D eigenvalue weighted by Crippen LogP contribution is -2.44. The van der Waals surface area contributed by atoms with Gasteiger partial charge in [-0.05, 0) is 32.4 Å².